The molecule has 0 fully saturated rings. The molecule has 0 saturated carbocycles. The lowest BCUT2D eigenvalue weighted by Crippen LogP contribution is -3.11. The van der Waals surface area contributed by atoms with Gasteiger partial charge in [-0.1, -0.05) is 24.3 Å². The van der Waals surface area contributed by atoms with Crippen LogP contribution in [0, 0.1) is 0 Å². The van der Waals surface area contributed by atoms with E-state index in [4.69, 9.17) is 0 Å². The summed E-state index contributed by atoms with van der Waals surface area (Å²) in [6, 6.07) is 11.2. The van der Waals surface area contributed by atoms with E-state index in [0.717, 1.165) is 32.6 Å². The molecule has 0 amide bonds. The standard InChI is InChI=1S/C29H36F4N3.2BrH/c1-5-34(6-2)17-10-18-35-19-15-22(16-20-35)26(30)21-23-11-9-12-25-24(23)13-14-27(36(7-3)8-4)28(25)29(31,32)33;;/h9,11-16,19-21H,5-8,10,17-18H2,1-4H3;2*1H/q+1;;/p-1/b26-21-;;. The summed E-state index contributed by atoms with van der Waals surface area (Å²) in [5, 5.41) is 0.454. The van der Waals surface area contributed by atoms with Gasteiger partial charge in [0, 0.05) is 36.5 Å². The Morgan fingerprint density at radius 1 is 0.895 bits per heavy atom. The maximum Gasteiger partial charge on any atom is 0.418 e. The number of halogens is 6. The van der Waals surface area contributed by atoms with E-state index in [9.17, 15) is 13.2 Å². The van der Waals surface area contributed by atoms with E-state index in [2.05, 4.69) is 13.8 Å². The zero-order chi connectivity index (χ0) is 26.3. The number of pyridine rings is 1. The maximum absolute atomic E-state index is 15.2. The molecule has 2 aromatic carbocycles. The molecule has 0 saturated heterocycles. The van der Waals surface area contributed by atoms with E-state index in [0.29, 0.717) is 29.6 Å². The van der Waals surface area contributed by atoms with Gasteiger partial charge in [-0.25, -0.2) is 8.96 Å². The van der Waals surface area contributed by atoms with Crippen molar-refractivity contribution in [2.75, 3.05) is 37.6 Å². The Bertz CT molecular complexity index is 1170. The van der Waals surface area contributed by atoms with Crippen LogP contribution in [0.3, 0.4) is 0 Å². The molecule has 1 heterocycles. The first-order valence-corrected chi connectivity index (χ1v) is 12.8. The third-order valence-electron chi connectivity index (χ3n) is 6.86. The van der Waals surface area contributed by atoms with Gasteiger partial charge >= 0.3 is 6.18 Å². The normalized spacial score (nSPS) is 11.9. The van der Waals surface area contributed by atoms with Crippen molar-refractivity contribution in [2.45, 2.75) is 46.8 Å². The Labute approximate surface area is 244 Å². The predicted octanol–water partition coefficient (Wildman–Crippen LogP) is -0.217. The molecule has 1 N–H and O–H groups in total. The number of nitrogens with zero attached hydrogens (tertiary/aromatic N) is 2. The number of anilines is 1. The highest BCUT2D eigenvalue weighted by molar-refractivity contribution is 5.98. The van der Waals surface area contributed by atoms with Crippen LogP contribution in [0.1, 0.15) is 50.8 Å². The van der Waals surface area contributed by atoms with E-state index in [1.807, 2.05) is 30.8 Å². The lowest BCUT2D eigenvalue weighted by atomic mass is 9.96. The third kappa shape index (κ3) is 8.26. The molecular formula is C29H37Br2F4N3. The highest BCUT2D eigenvalue weighted by Gasteiger charge is 2.36. The Hall–Kier alpha value is -1.97. The number of benzene rings is 2. The molecule has 9 heteroatoms. The summed E-state index contributed by atoms with van der Waals surface area (Å²) < 4.78 is 59.7. The van der Waals surface area contributed by atoms with Crippen LogP contribution in [0.2, 0.25) is 0 Å². The fourth-order valence-electron chi connectivity index (χ4n) is 4.72. The van der Waals surface area contributed by atoms with Crippen molar-refractivity contribution in [3.05, 3.63) is 71.5 Å². The highest BCUT2D eigenvalue weighted by atomic mass is 79.9. The van der Waals surface area contributed by atoms with Crippen molar-refractivity contribution < 1.29 is 61.0 Å². The maximum atomic E-state index is 15.2. The molecule has 1 aromatic heterocycles. The molecule has 0 atom stereocenters. The zero-order valence-corrected chi connectivity index (χ0v) is 25.6. The number of quaternary nitrogens is 1. The topological polar surface area (TPSA) is 11.6 Å². The van der Waals surface area contributed by atoms with Gasteiger partial charge in [0.2, 0.25) is 0 Å². The number of aromatic nitrogens is 1. The quantitative estimate of drug-likeness (QED) is 0.221. The number of aryl methyl sites for hydroxylation is 1. The molecule has 0 bridgehead atoms. The lowest BCUT2D eigenvalue weighted by molar-refractivity contribution is -0.898. The minimum Gasteiger partial charge on any atom is -1.00 e. The van der Waals surface area contributed by atoms with Crippen molar-refractivity contribution in [3.8, 4) is 0 Å². The summed E-state index contributed by atoms with van der Waals surface area (Å²) in [5.41, 5.74) is 0.289. The van der Waals surface area contributed by atoms with Crippen LogP contribution in [0.4, 0.5) is 23.2 Å². The number of hydrogen-bond donors (Lipinski definition) is 1. The number of nitrogens with one attached hydrogen (secondary N) is 1. The summed E-state index contributed by atoms with van der Waals surface area (Å²) in [5.74, 6) is -0.483. The minimum absolute atomic E-state index is 0. The average molecular weight is 663 g/mol. The second kappa shape index (κ2) is 15.6. The monoisotopic (exact) mass is 661 g/mol. The molecule has 3 rings (SSSR count). The van der Waals surface area contributed by atoms with Crippen molar-refractivity contribution in [2.24, 2.45) is 0 Å². The summed E-state index contributed by atoms with van der Waals surface area (Å²) in [4.78, 5) is 3.24. The van der Waals surface area contributed by atoms with Crippen LogP contribution < -0.4 is 48.3 Å². The van der Waals surface area contributed by atoms with Crippen LogP contribution in [-0.4, -0.2) is 32.7 Å². The van der Waals surface area contributed by atoms with Gasteiger partial charge in [-0.05, 0) is 56.2 Å². The molecule has 3 aromatic rings. The predicted molar refractivity (Wildman–Crippen MR) is 140 cm³/mol. The highest BCUT2D eigenvalue weighted by Crippen LogP contribution is 2.42. The van der Waals surface area contributed by atoms with Gasteiger partial charge in [0.05, 0.1) is 31.6 Å². The van der Waals surface area contributed by atoms with E-state index in [1.165, 1.54) is 18.2 Å². The number of alkyl halides is 3. The van der Waals surface area contributed by atoms with Gasteiger partial charge in [0.25, 0.3) is 0 Å². The first-order valence-electron chi connectivity index (χ1n) is 12.8. The Morgan fingerprint density at radius 3 is 2.08 bits per heavy atom. The fraction of sp³-hybridized carbons (Fsp3) is 0.414. The number of fused-ring (bicyclic) bond motifs is 1. The first kappa shape index (κ1) is 34.1. The van der Waals surface area contributed by atoms with E-state index >= 15 is 4.39 Å². The van der Waals surface area contributed by atoms with Gasteiger partial charge in [0.15, 0.2) is 18.9 Å². The number of hydrogen-bond acceptors (Lipinski definition) is 1. The molecule has 0 radical (unpaired) electrons. The molecule has 0 spiro atoms. The molecule has 0 aliphatic carbocycles. The van der Waals surface area contributed by atoms with Crippen molar-refractivity contribution in [3.63, 3.8) is 0 Å². The van der Waals surface area contributed by atoms with Crippen molar-refractivity contribution in [1.29, 1.82) is 0 Å². The van der Waals surface area contributed by atoms with Crippen LogP contribution in [-0.2, 0) is 12.7 Å². The first-order chi connectivity index (χ1) is 17.2. The largest absolute Gasteiger partial charge is 1.00 e. The van der Waals surface area contributed by atoms with E-state index < -0.39 is 17.6 Å². The van der Waals surface area contributed by atoms with Gasteiger partial charge in [-0.2, -0.15) is 13.2 Å². The van der Waals surface area contributed by atoms with Crippen molar-refractivity contribution in [1.82, 2.24) is 0 Å². The summed E-state index contributed by atoms with van der Waals surface area (Å²) in [7, 11) is 0. The summed E-state index contributed by atoms with van der Waals surface area (Å²) in [6.07, 6.45) is 1.52. The smallest absolute Gasteiger partial charge is 0.418 e. The van der Waals surface area contributed by atoms with Gasteiger partial charge in [0.1, 0.15) is 5.83 Å². The van der Waals surface area contributed by atoms with Gasteiger partial charge in [-0.15, -0.1) is 0 Å². The second-order valence-electron chi connectivity index (χ2n) is 8.95. The zero-order valence-electron chi connectivity index (χ0n) is 22.4. The van der Waals surface area contributed by atoms with Gasteiger partial charge in [-0.3, -0.25) is 0 Å². The minimum atomic E-state index is -4.53. The van der Waals surface area contributed by atoms with Crippen LogP contribution in [0.25, 0.3) is 22.7 Å². The molecule has 38 heavy (non-hydrogen) atoms. The Balaban J connectivity index is 0.00000361. The third-order valence-corrected chi connectivity index (χ3v) is 6.86. The molecule has 0 aliphatic rings. The number of rotatable bonds is 11. The molecule has 3 nitrogen and oxygen atoms in total. The van der Waals surface area contributed by atoms with E-state index in [-0.39, 0.29) is 45.0 Å². The lowest BCUT2D eigenvalue weighted by Gasteiger charge is -2.26. The fourth-order valence-corrected chi connectivity index (χ4v) is 4.72. The second-order valence-corrected chi connectivity index (χ2v) is 8.95. The molecule has 210 valence electrons. The Kier molecular flexibility index (Phi) is 14.0. The van der Waals surface area contributed by atoms with Crippen LogP contribution in [0.15, 0.2) is 54.9 Å². The molecule has 0 unspecified atom stereocenters. The molecular weight excluding hydrogens is 626 g/mol. The SMILES string of the molecule is CCN(CC)c1ccc2c(/C=C(\F)c3cc[n+](CCC[NH+](CC)CC)cc3)cccc2c1C(F)(F)F.[Br-].[Br-]. The summed E-state index contributed by atoms with van der Waals surface area (Å²) in [6.45, 7) is 13.1. The Morgan fingerprint density at radius 2 is 1.53 bits per heavy atom. The van der Waals surface area contributed by atoms with Gasteiger partial charge < -0.3 is 43.8 Å². The van der Waals surface area contributed by atoms with Crippen molar-refractivity contribution >= 4 is 28.4 Å². The summed E-state index contributed by atoms with van der Waals surface area (Å²) >= 11 is 0. The van der Waals surface area contributed by atoms with Crippen LogP contribution >= 0.6 is 0 Å². The molecule has 0 aliphatic heterocycles. The average Bonchev–Trinajstić information content (AvgIpc) is 2.87. The van der Waals surface area contributed by atoms with E-state index in [1.54, 1.807) is 40.1 Å². The van der Waals surface area contributed by atoms with Crippen LogP contribution in [0.5, 0.6) is 0 Å².